The fourth-order valence-electron chi connectivity index (χ4n) is 3.76. The minimum absolute atomic E-state index is 0.196. The van der Waals surface area contributed by atoms with Crippen molar-refractivity contribution in [1.82, 2.24) is 14.9 Å². The fraction of sp³-hybridized carbons (Fsp3) is 0.292. The van der Waals surface area contributed by atoms with Crippen molar-refractivity contribution in [3.8, 4) is 0 Å². The lowest BCUT2D eigenvalue weighted by molar-refractivity contribution is -0.117. The number of piperidine rings is 1. The number of pyridine rings is 2. The summed E-state index contributed by atoms with van der Waals surface area (Å²) < 4.78 is 13.7. The first-order chi connectivity index (χ1) is 15.1. The summed E-state index contributed by atoms with van der Waals surface area (Å²) >= 11 is 0. The zero-order chi connectivity index (χ0) is 21.6. The molecule has 1 fully saturated rings. The minimum atomic E-state index is -0.421. The molecule has 0 radical (unpaired) electrons. The number of para-hydroxylation sites is 1. The molecule has 2 aromatic heterocycles. The first-order valence-corrected chi connectivity index (χ1v) is 10.5. The molecule has 3 heterocycles. The second-order valence-corrected chi connectivity index (χ2v) is 7.87. The highest BCUT2D eigenvalue weighted by Crippen LogP contribution is 2.28. The average molecular weight is 420 g/mol. The number of rotatable bonds is 6. The van der Waals surface area contributed by atoms with E-state index in [4.69, 9.17) is 4.98 Å². The smallest absolute Gasteiger partial charge is 0.238 e. The van der Waals surface area contributed by atoms with Crippen LogP contribution in [0.3, 0.4) is 0 Å². The van der Waals surface area contributed by atoms with Crippen LogP contribution in [0.25, 0.3) is 0 Å². The summed E-state index contributed by atoms with van der Waals surface area (Å²) in [5.74, 6) is 1.28. The van der Waals surface area contributed by atoms with E-state index in [1.165, 1.54) is 6.07 Å². The van der Waals surface area contributed by atoms with E-state index < -0.39 is 5.82 Å². The van der Waals surface area contributed by atoms with Crippen LogP contribution in [-0.4, -0.2) is 40.4 Å². The molecule has 0 saturated carbocycles. The number of carbonyl (C=O) groups excluding carboxylic acids is 1. The largest absolute Gasteiger partial charge is 0.325 e. The van der Waals surface area contributed by atoms with E-state index in [0.29, 0.717) is 5.92 Å². The number of nitrogens with one attached hydrogen (secondary N) is 2. The van der Waals surface area contributed by atoms with Crippen LogP contribution in [0.15, 0.2) is 60.8 Å². The van der Waals surface area contributed by atoms with Gasteiger partial charge in [-0.2, -0.15) is 0 Å². The molecular weight excluding hydrogens is 393 g/mol. The van der Waals surface area contributed by atoms with Crippen LogP contribution in [0.4, 0.5) is 21.7 Å². The van der Waals surface area contributed by atoms with E-state index in [9.17, 15) is 9.18 Å². The van der Waals surface area contributed by atoms with Gasteiger partial charge in [-0.05, 0) is 68.8 Å². The summed E-state index contributed by atoms with van der Waals surface area (Å²) in [6.45, 7) is 3.86. The average Bonchev–Trinajstić information content (AvgIpc) is 2.78. The lowest BCUT2D eigenvalue weighted by atomic mass is 9.93. The van der Waals surface area contributed by atoms with Gasteiger partial charge in [-0.15, -0.1) is 0 Å². The van der Waals surface area contributed by atoms with Gasteiger partial charge in [-0.1, -0.05) is 24.3 Å². The van der Waals surface area contributed by atoms with Gasteiger partial charge in [0.25, 0.3) is 0 Å². The van der Waals surface area contributed by atoms with E-state index in [1.54, 1.807) is 18.2 Å². The summed E-state index contributed by atoms with van der Waals surface area (Å²) in [5, 5.41) is 5.91. The van der Waals surface area contributed by atoms with Gasteiger partial charge >= 0.3 is 0 Å². The van der Waals surface area contributed by atoms with Crippen molar-refractivity contribution >= 4 is 23.2 Å². The van der Waals surface area contributed by atoms with Gasteiger partial charge in [-0.3, -0.25) is 9.69 Å². The third-order valence-electron chi connectivity index (χ3n) is 5.46. The first-order valence-electron chi connectivity index (χ1n) is 10.5. The van der Waals surface area contributed by atoms with E-state index in [2.05, 4.69) is 26.6 Å². The number of likely N-dealkylation sites (tertiary alicyclic amines) is 1. The highest BCUT2D eigenvalue weighted by molar-refractivity contribution is 5.92. The highest BCUT2D eigenvalue weighted by Gasteiger charge is 2.23. The molecule has 1 saturated heterocycles. The van der Waals surface area contributed by atoms with Crippen LogP contribution in [0.2, 0.25) is 0 Å². The fourth-order valence-corrected chi connectivity index (χ4v) is 3.76. The Labute approximate surface area is 181 Å². The molecule has 1 aliphatic rings. The molecular formula is C24H26FN5O. The normalized spacial score (nSPS) is 14.9. The number of carbonyl (C=O) groups is 1. The Morgan fingerprint density at radius 2 is 1.87 bits per heavy atom. The Bertz CT molecular complexity index is 1030. The zero-order valence-corrected chi connectivity index (χ0v) is 17.5. The van der Waals surface area contributed by atoms with Gasteiger partial charge in [0.05, 0.1) is 12.2 Å². The number of aromatic nitrogens is 2. The Kier molecular flexibility index (Phi) is 6.52. The molecule has 1 aliphatic heterocycles. The molecule has 4 rings (SSSR count). The summed E-state index contributed by atoms with van der Waals surface area (Å²) in [4.78, 5) is 23.5. The van der Waals surface area contributed by atoms with Gasteiger partial charge < -0.3 is 10.6 Å². The highest BCUT2D eigenvalue weighted by atomic mass is 19.1. The third kappa shape index (κ3) is 5.64. The number of nitrogens with zero attached hydrogens (tertiary/aromatic N) is 3. The monoisotopic (exact) mass is 419 g/mol. The van der Waals surface area contributed by atoms with E-state index in [0.717, 1.165) is 48.8 Å². The summed E-state index contributed by atoms with van der Waals surface area (Å²) in [5.41, 5.74) is 2.38. The quantitative estimate of drug-likeness (QED) is 0.616. The van der Waals surface area contributed by atoms with Crippen molar-refractivity contribution in [2.24, 2.45) is 0 Å². The lowest BCUT2D eigenvalue weighted by Gasteiger charge is -2.31. The predicted molar refractivity (Wildman–Crippen MR) is 120 cm³/mol. The SMILES string of the molecule is Cc1ccc(Nc2cccc(C3CCN(CC(=O)Nc4ccccc4F)CC3)n2)nc1. The Hall–Kier alpha value is -3.32. The molecule has 0 spiro atoms. The Balaban J connectivity index is 1.30. The molecule has 3 aromatic rings. The van der Waals surface area contributed by atoms with Gasteiger partial charge in [0, 0.05) is 17.8 Å². The number of aryl methyl sites for hydroxylation is 1. The van der Waals surface area contributed by atoms with Crippen molar-refractivity contribution < 1.29 is 9.18 Å². The van der Waals surface area contributed by atoms with Crippen LogP contribution in [0, 0.1) is 12.7 Å². The number of anilines is 3. The Morgan fingerprint density at radius 3 is 2.61 bits per heavy atom. The van der Waals surface area contributed by atoms with Crippen LogP contribution in [0.1, 0.15) is 30.0 Å². The van der Waals surface area contributed by atoms with Gasteiger partial charge in [0.2, 0.25) is 5.91 Å². The van der Waals surface area contributed by atoms with Gasteiger partial charge in [0.15, 0.2) is 0 Å². The molecule has 1 amide bonds. The topological polar surface area (TPSA) is 70.2 Å². The van der Waals surface area contributed by atoms with Gasteiger partial charge in [0.1, 0.15) is 17.5 Å². The van der Waals surface area contributed by atoms with E-state index in [-0.39, 0.29) is 18.1 Å². The number of hydrogen-bond acceptors (Lipinski definition) is 5. The first kappa shape index (κ1) is 20.9. The molecule has 1 aromatic carbocycles. The third-order valence-corrected chi connectivity index (χ3v) is 5.46. The van der Waals surface area contributed by atoms with Crippen molar-refractivity contribution in [3.05, 3.63) is 77.9 Å². The molecule has 0 aliphatic carbocycles. The van der Waals surface area contributed by atoms with Crippen LogP contribution < -0.4 is 10.6 Å². The number of amides is 1. The zero-order valence-electron chi connectivity index (χ0n) is 17.5. The Morgan fingerprint density at radius 1 is 1.06 bits per heavy atom. The van der Waals surface area contributed by atoms with Crippen LogP contribution in [0.5, 0.6) is 0 Å². The number of benzene rings is 1. The maximum absolute atomic E-state index is 13.7. The van der Waals surface area contributed by atoms with Crippen molar-refractivity contribution in [2.75, 3.05) is 30.3 Å². The molecule has 0 atom stereocenters. The molecule has 31 heavy (non-hydrogen) atoms. The van der Waals surface area contributed by atoms with Gasteiger partial charge in [-0.25, -0.2) is 14.4 Å². The van der Waals surface area contributed by atoms with Crippen LogP contribution in [-0.2, 0) is 4.79 Å². The number of hydrogen-bond donors (Lipinski definition) is 2. The molecule has 0 bridgehead atoms. The molecule has 0 unspecified atom stereocenters. The lowest BCUT2D eigenvalue weighted by Crippen LogP contribution is -2.39. The van der Waals surface area contributed by atoms with Crippen molar-refractivity contribution in [2.45, 2.75) is 25.7 Å². The summed E-state index contributed by atoms with van der Waals surface area (Å²) in [7, 11) is 0. The minimum Gasteiger partial charge on any atom is -0.325 e. The second kappa shape index (κ2) is 9.66. The predicted octanol–water partition coefficient (Wildman–Crippen LogP) is 4.49. The molecule has 6 nitrogen and oxygen atoms in total. The maximum Gasteiger partial charge on any atom is 0.238 e. The second-order valence-electron chi connectivity index (χ2n) is 7.87. The van der Waals surface area contributed by atoms with Crippen molar-refractivity contribution in [1.29, 1.82) is 0 Å². The summed E-state index contributed by atoms with van der Waals surface area (Å²) in [6.07, 6.45) is 3.67. The van der Waals surface area contributed by atoms with Crippen LogP contribution >= 0.6 is 0 Å². The molecule has 7 heteroatoms. The van der Waals surface area contributed by atoms with E-state index in [1.807, 2.05) is 37.4 Å². The van der Waals surface area contributed by atoms with Crippen molar-refractivity contribution in [3.63, 3.8) is 0 Å². The molecule has 2 N–H and O–H groups in total. The maximum atomic E-state index is 13.7. The molecule has 160 valence electrons. The van der Waals surface area contributed by atoms with E-state index >= 15 is 0 Å². The standard InChI is InChI=1S/C24H26FN5O/c1-17-9-10-22(26-15-17)29-23-8-4-7-20(27-23)18-11-13-30(14-12-18)16-24(31)28-21-6-3-2-5-19(21)25/h2-10,15,18H,11-14,16H2,1H3,(H,28,31)(H,26,27,29). The summed E-state index contributed by atoms with van der Waals surface area (Å²) in [6, 6.07) is 16.2. The number of halogens is 1.